The van der Waals surface area contributed by atoms with E-state index in [2.05, 4.69) is 35.7 Å². The first-order valence-corrected chi connectivity index (χ1v) is 8.69. The second-order valence-corrected chi connectivity index (χ2v) is 7.72. The Morgan fingerprint density at radius 1 is 1.25 bits per heavy atom. The van der Waals surface area contributed by atoms with Gasteiger partial charge in [-0.15, -0.1) is 0 Å². The number of ether oxygens (including phenoxy) is 1. The monoisotopic (exact) mass is 226 g/mol. The van der Waals surface area contributed by atoms with Crippen molar-refractivity contribution in [2.75, 3.05) is 7.11 Å². The summed E-state index contributed by atoms with van der Waals surface area (Å²) in [5.74, 6) is 0. The van der Waals surface area contributed by atoms with Crippen molar-refractivity contribution in [3.8, 4) is 0 Å². The molecule has 0 unspecified atom stereocenters. The fourth-order valence-electron chi connectivity index (χ4n) is 1.22. The first-order chi connectivity index (χ1) is 5.75. The molecule has 0 aliphatic rings. The summed E-state index contributed by atoms with van der Waals surface area (Å²) in [6.45, 7) is 0.753. The standard InChI is InChI=1S/C10H15AsO/c1-11(2)10-7-5-4-6-9(10)8-12-3/h4-7H,8H2,1-3H3. The summed E-state index contributed by atoms with van der Waals surface area (Å²) < 4.78 is 6.68. The fourth-order valence-corrected chi connectivity index (χ4v) is 3.53. The molecule has 0 aliphatic heterocycles. The predicted molar refractivity (Wildman–Crippen MR) is 54.3 cm³/mol. The number of methoxy groups -OCH3 is 1. The third-order valence-electron chi connectivity index (χ3n) is 1.77. The van der Waals surface area contributed by atoms with Crippen LogP contribution in [0.2, 0.25) is 11.4 Å². The van der Waals surface area contributed by atoms with Crippen LogP contribution in [0.1, 0.15) is 5.56 Å². The molecule has 0 aromatic heterocycles. The van der Waals surface area contributed by atoms with Crippen LogP contribution < -0.4 is 4.35 Å². The third-order valence-corrected chi connectivity index (χ3v) is 4.71. The van der Waals surface area contributed by atoms with E-state index >= 15 is 0 Å². The van der Waals surface area contributed by atoms with Gasteiger partial charge in [0.1, 0.15) is 0 Å². The summed E-state index contributed by atoms with van der Waals surface area (Å²) >= 11 is -0.743. The van der Waals surface area contributed by atoms with Gasteiger partial charge in [0.05, 0.1) is 0 Å². The van der Waals surface area contributed by atoms with Crippen LogP contribution in [0.15, 0.2) is 24.3 Å². The first-order valence-electron chi connectivity index (χ1n) is 4.00. The number of rotatable bonds is 3. The van der Waals surface area contributed by atoms with Crippen molar-refractivity contribution < 1.29 is 4.74 Å². The van der Waals surface area contributed by atoms with Gasteiger partial charge in [0.15, 0.2) is 0 Å². The molecule has 0 atom stereocenters. The van der Waals surface area contributed by atoms with Gasteiger partial charge in [-0.1, -0.05) is 0 Å². The quantitative estimate of drug-likeness (QED) is 0.714. The molecule has 0 spiro atoms. The Labute approximate surface area is 79.0 Å². The van der Waals surface area contributed by atoms with E-state index < -0.39 is 14.7 Å². The predicted octanol–water partition coefficient (Wildman–Crippen LogP) is 1.79. The molecule has 0 fully saturated rings. The summed E-state index contributed by atoms with van der Waals surface area (Å²) in [6.07, 6.45) is 0. The van der Waals surface area contributed by atoms with Crippen LogP contribution in [0, 0.1) is 0 Å². The molecule has 0 amide bonds. The molecule has 2 heteroatoms. The van der Waals surface area contributed by atoms with Crippen molar-refractivity contribution in [3.63, 3.8) is 0 Å². The minimum atomic E-state index is -0.743. The van der Waals surface area contributed by atoms with Gasteiger partial charge in [-0.05, 0) is 0 Å². The molecule has 0 heterocycles. The van der Waals surface area contributed by atoms with E-state index in [1.165, 1.54) is 9.91 Å². The Hall–Kier alpha value is -0.262. The topological polar surface area (TPSA) is 9.23 Å². The molecule has 0 bridgehead atoms. The summed E-state index contributed by atoms with van der Waals surface area (Å²) in [4.78, 5) is 0. The average molecular weight is 226 g/mol. The van der Waals surface area contributed by atoms with E-state index in [-0.39, 0.29) is 0 Å². The second-order valence-electron chi connectivity index (χ2n) is 2.96. The Balaban J connectivity index is 2.92. The Morgan fingerprint density at radius 2 is 1.92 bits per heavy atom. The zero-order valence-electron chi connectivity index (χ0n) is 7.87. The van der Waals surface area contributed by atoms with Crippen molar-refractivity contribution in [3.05, 3.63) is 29.8 Å². The summed E-state index contributed by atoms with van der Waals surface area (Å²) in [6, 6.07) is 8.58. The van der Waals surface area contributed by atoms with Gasteiger partial charge in [0.25, 0.3) is 0 Å². The zero-order chi connectivity index (χ0) is 8.97. The van der Waals surface area contributed by atoms with Crippen molar-refractivity contribution in [2.45, 2.75) is 18.0 Å². The number of benzene rings is 1. The zero-order valence-corrected chi connectivity index (χ0v) is 9.75. The molecule has 1 aromatic rings. The Morgan fingerprint density at radius 3 is 2.50 bits per heavy atom. The first kappa shape index (κ1) is 9.82. The van der Waals surface area contributed by atoms with E-state index in [1.54, 1.807) is 7.11 Å². The van der Waals surface area contributed by atoms with Gasteiger partial charge >= 0.3 is 78.7 Å². The van der Waals surface area contributed by atoms with Gasteiger partial charge in [0, 0.05) is 0 Å². The van der Waals surface area contributed by atoms with Crippen molar-refractivity contribution in [1.29, 1.82) is 0 Å². The van der Waals surface area contributed by atoms with Gasteiger partial charge in [-0.2, -0.15) is 0 Å². The molecule has 1 rings (SSSR count). The molecule has 66 valence electrons. The van der Waals surface area contributed by atoms with E-state index in [0.29, 0.717) is 0 Å². The van der Waals surface area contributed by atoms with Crippen LogP contribution >= 0.6 is 0 Å². The Kier molecular flexibility index (Phi) is 3.84. The molecule has 1 aromatic carbocycles. The molecular formula is C10H15AsO. The van der Waals surface area contributed by atoms with Crippen LogP contribution in [-0.2, 0) is 11.3 Å². The third kappa shape index (κ3) is 2.36. The summed E-state index contributed by atoms with van der Waals surface area (Å²) in [5, 5.41) is 0. The van der Waals surface area contributed by atoms with Gasteiger partial charge in [-0.3, -0.25) is 0 Å². The van der Waals surface area contributed by atoms with Crippen LogP contribution in [0.4, 0.5) is 0 Å². The number of hydrogen-bond acceptors (Lipinski definition) is 1. The summed E-state index contributed by atoms with van der Waals surface area (Å²) in [7, 11) is 1.75. The normalized spacial score (nSPS) is 10.7. The summed E-state index contributed by atoms with van der Waals surface area (Å²) in [5.41, 5.74) is 6.06. The van der Waals surface area contributed by atoms with Crippen molar-refractivity contribution >= 4 is 19.0 Å². The fraction of sp³-hybridized carbons (Fsp3) is 0.400. The van der Waals surface area contributed by atoms with Crippen molar-refractivity contribution in [2.24, 2.45) is 0 Å². The molecule has 0 saturated heterocycles. The molecular weight excluding hydrogens is 211 g/mol. The molecule has 0 N–H and O–H groups in total. The van der Waals surface area contributed by atoms with E-state index in [4.69, 9.17) is 4.74 Å². The molecule has 12 heavy (non-hydrogen) atoms. The second kappa shape index (κ2) is 4.69. The van der Waals surface area contributed by atoms with Crippen LogP contribution in [0.25, 0.3) is 0 Å². The van der Waals surface area contributed by atoms with Crippen LogP contribution in [-0.4, -0.2) is 21.8 Å². The van der Waals surface area contributed by atoms with Crippen LogP contribution in [0.5, 0.6) is 0 Å². The van der Waals surface area contributed by atoms with Gasteiger partial charge < -0.3 is 0 Å². The molecule has 1 nitrogen and oxygen atoms in total. The maximum atomic E-state index is 5.14. The SMILES string of the molecule is COCc1ccccc1[As](C)C. The minimum absolute atomic E-state index is 0.743. The number of hydrogen-bond donors (Lipinski definition) is 0. The van der Waals surface area contributed by atoms with E-state index in [1.807, 2.05) is 0 Å². The van der Waals surface area contributed by atoms with E-state index in [0.717, 1.165) is 6.61 Å². The maximum absolute atomic E-state index is 5.14. The molecule has 0 radical (unpaired) electrons. The Bertz CT molecular complexity index is 245. The van der Waals surface area contributed by atoms with Crippen molar-refractivity contribution in [1.82, 2.24) is 0 Å². The molecule has 0 saturated carbocycles. The van der Waals surface area contributed by atoms with Crippen LogP contribution in [0.3, 0.4) is 0 Å². The average Bonchev–Trinajstić information content (AvgIpc) is 2.05. The van der Waals surface area contributed by atoms with Gasteiger partial charge in [0.2, 0.25) is 0 Å². The van der Waals surface area contributed by atoms with Gasteiger partial charge in [-0.25, -0.2) is 0 Å². The van der Waals surface area contributed by atoms with E-state index in [9.17, 15) is 0 Å². The molecule has 0 aliphatic carbocycles.